The summed E-state index contributed by atoms with van der Waals surface area (Å²) in [6, 6.07) is 5.58. The van der Waals surface area contributed by atoms with Gasteiger partial charge in [0, 0.05) is 12.2 Å². The number of ether oxygens (including phenoxy) is 3. The Labute approximate surface area is 118 Å². The molecule has 20 heavy (non-hydrogen) atoms. The molecule has 0 unspecified atom stereocenters. The number of benzene rings is 1. The Hall–Kier alpha value is -1.59. The van der Waals surface area contributed by atoms with E-state index in [4.69, 9.17) is 14.2 Å². The molecule has 0 bridgehead atoms. The summed E-state index contributed by atoms with van der Waals surface area (Å²) >= 11 is 0. The van der Waals surface area contributed by atoms with Gasteiger partial charge in [-0.2, -0.15) is 0 Å². The van der Waals surface area contributed by atoms with Crippen LogP contribution < -0.4 is 5.32 Å². The summed E-state index contributed by atoms with van der Waals surface area (Å²) in [7, 11) is 1.38. The van der Waals surface area contributed by atoms with Crippen molar-refractivity contribution in [1.82, 2.24) is 0 Å². The van der Waals surface area contributed by atoms with Crippen molar-refractivity contribution in [2.24, 2.45) is 0 Å². The summed E-state index contributed by atoms with van der Waals surface area (Å²) in [5.41, 5.74) is 2.48. The minimum Gasteiger partial charge on any atom is -0.465 e. The number of rotatable bonds is 1. The molecule has 0 amide bonds. The van der Waals surface area contributed by atoms with Gasteiger partial charge in [0.05, 0.1) is 31.3 Å². The number of carbonyl (C=O) groups is 1. The van der Waals surface area contributed by atoms with Gasteiger partial charge in [0.15, 0.2) is 5.79 Å². The third-order valence-corrected chi connectivity index (χ3v) is 4.02. The van der Waals surface area contributed by atoms with Crippen LogP contribution in [0.3, 0.4) is 0 Å². The first-order valence-electron chi connectivity index (χ1n) is 6.70. The van der Waals surface area contributed by atoms with Crippen LogP contribution in [0.5, 0.6) is 0 Å². The second kappa shape index (κ2) is 4.46. The number of hydrogen-bond acceptors (Lipinski definition) is 5. The van der Waals surface area contributed by atoms with E-state index in [1.807, 2.05) is 26.0 Å². The molecular formula is C15H19NO4. The van der Waals surface area contributed by atoms with Gasteiger partial charge in [0.2, 0.25) is 0 Å². The van der Waals surface area contributed by atoms with Gasteiger partial charge in [-0.15, -0.1) is 0 Å². The van der Waals surface area contributed by atoms with Crippen molar-refractivity contribution >= 4 is 11.7 Å². The van der Waals surface area contributed by atoms with Crippen LogP contribution in [-0.4, -0.2) is 38.6 Å². The van der Waals surface area contributed by atoms with Gasteiger partial charge in [-0.25, -0.2) is 4.79 Å². The molecule has 1 N–H and O–H groups in total. The number of methoxy groups -OCH3 is 1. The molecule has 0 atom stereocenters. The van der Waals surface area contributed by atoms with Crippen LogP contribution in [0.15, 0.2) is 18.2 Å². The summed E-state index contributed by atoms with van der Waals surface area (Å²) in [6.07, 6.45) is 0. The summed E-state index contributed by atoms with van der Waals surface area (Å²) in [4.78, 5) is 11.6. The number of anilines is 1. The van der Waals surface area contributed by atoms with Crippen LogP contribution in [-0.2, 0) is 19.6 Å². The average molecular weight is 277 g/mol. The largest absolute Gasteiger partial charge is 0.465 e. The molecule has 3 rings (SSSR count). The highest BCUT2D eigenvalue weighted by Crippen LogP contribution is 2.41. The summed E-state index contributed by atoms with van der Waals surface area (Å²) in [5.74, 6) is -0.854. The van der Waals surface area contributed by atoms with E-state index in [1.165, 1.54) is 7.11 Å². The summed E-state index contributed by atoms with van der Waals surface area (Å²) in [5, 5.41) is 3.34. The lowest BCUT2D eigenvalue weighted by Gasteiger charge is -2.41. The Kier molecular flexibility index (Phi) is 2.99. The predicted molar refractivity (Wildman–Crippen MR) is 73.9 cm³/mol. The fourth-order valence-corrected chi connectivity index (χ4v) is 2.72. The molecule has 0 aromatic heterocycles. The van der Waals surface area contributed by atoms with Crippen LogP contribution >= 0.6 is 0 Å². The zero-order valence-electron chi connectivity index (χ0n) is 12.0. The Morgan fingerprint density at radius 2 is 2.00 bits per heavy atom. The number of esters is 1. The minimum atomic E-state index is -0.528. The van der Waals surface area contributed by atoms with E-state index in [0.29, 0.717) is 18.8 Å². The molecule has 0 saturated carbocycles. The molecule has 2 heterocycles. The second-order valence-corrected chi connectivity index (χ2v) is 5.86. The molecule has 1 fully saturated rings. The quantitative estimate of drug-likeness (QED) is 0.795. The topological polar surface area (TPSA) is 56.8 Å². The van der Waals surface area contributed by atoms with Gasteiger partial charge >= 0.3 is 5.97 Å². The second-order valence-electron chi connectivity index (χ2n) is 5.86. The smallest absolute Gasteiger partial charge is 0.337 e. The van der Waals surface area contributed by atoms with Crippen molar-refractivity contribution in [2.75, 3.05) is 32.2 Å². The van der Waals surface area contributed by atoms with E-state index in [9.17, 15) is 4.79 Å². The fraction of sp³-hybridized carbons (Fsp3) is 0.533. The highest BCUT2D eigenvalue weighted by atomic mass is 16.7. The normalized spacial score (nSPS) is 22.1. The molecule has 1 aromatic carbocycles. The van der Waals surface area contributed by atoms with Crippen molar-refractivity contribution in [3.63, 3.8) is 0 Å². The molecular weight excluding hydrogens is 258 g/mol. The van der Waals surface area contributed by atoms with E-state index in [1.54, 1.807) is 6.07 Å². The monoisotopic (exact) mass is 277 g/mol. The van der Waals surface area contributed by atoms with Crippen LogP contribution in [0.2, 0.25) is 0 Å². The third-order valence-electron chi connectivity index (χ3n) is 4.02. The molecule has 0 aliphatic carbocycles. The average Bonchev–Trinajstić information content (AvgIpc) is 2.80. The molecule has 1 saturated heterocycles. The standard InChI is InChI=1S/C15H19NO4/c1-14(2)19-8-15(9-20-14)7-16-12-6-10(13(17)18-3)4-5-11(12)15/h4-6,16H,7-9H2,1-3H3. The fourth-order valence-electron chi connectivity index (χ4n) is 2.72. The van der Waals surface area contributed by atoms with Crippen molar-refractivity contribution in [1.29, 1.82) is 0 Å². The lowest BCUT2D eigenvalue weighted by atomic mass is 9.82. The van der Waals surface area contributed by atoms with Crippen molar-refractivity contribution in [3.8, 4) is 0 Å². The van der Waals surface area contributed by atoms with Gasteiger partial charge < -0.3 is 19.5 Å². The molecule has 108 valence electrons. The zero-order chi connectivity index (χ0) is 14.4. The maximum Gasteiger partial charge on any atom is 0.337 e. The molecule has 1 spiro atoms. The highest BCUT2D eigenvalue weighted by Gasteiger charge is 2.45. The van der Waals surface area contributed by atoms with E-state index >= 15 is 0 Å². The predicted octanol–water partition coefficient (Wildman–Crippen LogP) is 1.92. The van der Waals surface area contributed by atoms with Crippen LogP contribution in [0.25, 0.3) is 0 Å². The van der Waals surface area contributed by atoms with E-state index in [0.717, 1.165) is 17.8 Å². The Morgan fingerprint density at radius 3 is 2.65 bits per heavy atom. The maximum absolute atomic E-state index is 11.6. The zero-order valence-corrected chi connectivity index (χ0v) is 12.0. The molecule has 2 aliphatic rings. The first-order valence-corrected chi connectivity index (χ1v) is 6.70. The molecule has 5 heteroatoms. The molecule has 1 aromatic rings. The van der Waals surface area contributed by atoms with E-state index < -0.39 is 5.79 Å². The lowest BCUT2D eigenvalue weighted by Crippen LogP contribution is -2.50. The SMILES string of the molecule is COC(=O)c1ccc2c(c1)NCC21COC(C)(C)OC1. The summed E-state index contributed by atoms with van der Waals surface area (Å²) in [6.45, 7) is 5.81. The van der Waals surface area contributed by atoms with Crippen molar-refractivity contribution in [3.05, 3.63) is 29.3 Å². The van der Waals surface area contributed by atoms with Gasteiger partial charge in [-0.1, -0.05) is 6.07 Å². The van der Waals surface area contributed by atoms with E-state index in [-0.39, 0.29) is 11.4 Å². The van der Waals surface area contributed by atoms with Gasteiger partial charge in [-0.3, -0.25) is 0 Å². The summed E-state index contributed by atoms with van der Waals surface area (Å²) < 4.78 is 16.4. The maximum atomic E-state index is 11.6. The Balaban J connectivity index is 1.90. The Bertz CT molecular complexity index is 543. The first kappa shape index (κ1) is 13.4. The number of hydrogen-bond donors (Lipinski definition) is 1. The first-order chi connectivity index (χ1) is 9.46. The molecule has 5 nitrogen and oxygen atoms in total. The van der Waals surface area contributed by atoms with Gasteiger partial charge in [-0.05, 0) is 31.5 Å². The number of carbonyl (C=O) groups excluding carboxylic acids is 1. The van der Waals surface area contributed by atoms with E-state index in [2.05, 4.69) is 5.32 Å². The van der Waals surface area contributed by atoms with Gasteiger partial charge in [0.25, 0.3) is 0 Å². The van der Waals surface area contributed by atoms with Crippen LogP contribution in [0.1, 0.15) is 29.8 Å². The number of fused-ring (bicyclic) bond motifs is 2. The molecule has 2 aliphatic heterocycles. The minimum absolute atomic E-state index is 0.167. The third kappa shape index (κ3) is 2.07. The van der Waals surface area contributed by atoms with Gasteiger partial charge in [0.1, 0.15) is 0 Å². The Morgan fingerprint density at radius 1 is 1.30 bits per heavy atom. The lowest BCUT2D eigenvalue weighted by molar-refractivity contribution is -0.266. The van der Waals surface area contributed by atoms with Crippen molar-refractivity contribution in [2.45, 2.75) is 25.0 Å². The molecule has 0 radical (unpaired) electrons. The number of nitrogens with one attached hydrogen (secondary N) is 1. The highest BCUT2D eigenvalue weighted by molar-refractivity contribution is 5.91. The van der Waals surface area contributed by atoms with Crippen LogP contribution in [0, 0.1) is 0 Å². The van der Waals surface area contributed by atoms with Crippen molar-refractivity contribution < 1.29 is 19.0 Å². The van der Waals surface area contributed by atoms with Crippen LogP contribution in [0.4, 0.5) is 5.69 Å².